The zero-order valence-corrected chi connectivity index (χ0v) is 17.8. The van der Waals surface area contributed by atoms with Gasteiger partial charge in [0.15, 0.2) is 0 Å². The summed E-state index contributed by atoms with van der Waals surface area (Å²) >= 11 is 1.64. The van der Waals surface area contributed by atoms with Crippen LogP contribution in [0.2, 0.25) is 0 Å². The Labute approximate surface area is 175 Å². The third-order valence-corrected chi connectivity index (χ3v) is 6.54. The van der Waals surface area contributed by atoms with Gasteiger partial charge in [-0.15, -0.1) is 23.7 Å². The van der Waals surface area contributed by atoms with E-state index in [2.05, 4.69) is 34.8 Å². The third-order valence-electron chi connectivity index (χ3n) is 5.62. The molecule has 0 unspecified atom stereocenters. The molecule has 1 saturated heterocycles. The molecule has 152 valence electrons. The highest BCUT2D eigenvalue weighted by atomic mass is 35.5. The second-order valence-electron chi connectivity index (χ2n) is 7.82. The summed E-state index contributed by atoms with van der Waals surface area (Å²) in [6.45, 7) is 6.45. The van der Waals surface area contributed by atoms with Gasteiger partial charge in [0.2, 0.25) is 5.91 Å². The van der Waals surface area contributed by atoms with Gasteiger partial charge < -0.3 is 10.6 Å². The van der Waals surface area contributed by atoms with Crippen LogP contribution >= 0.6 is 23.7 Å². The lowest BCUT2D eigenvalue weighted by atomic mass is 9.79. The summed E-state index contributed by atoms with van der Waals surface area (Å²) in [4.78, 5) is 30.1. The van der Waals surface area contributed by atoms with Crippen molar-refractivity contribution >= 4 is 29.7 Å². The van der Waals surface area contributed by atoms with E-state index < -0.39 is 6.04 Å². The minimum Gasteiger partial charge on any atom is -0.354 e. The van der Waals surface area contributed by atoms with Crippen LogP contribution in [0.1, 0.15) is 54.5 Å². The van der Waals surface area contributed by atoms with Crippen molar-refractivity contribution in [2.24, 2.45) is 5.92 Å². The average Bonchev–Trinajstić information content (AvgIpc) is 3.12. The molecular formula is C20H27ClN4O2S. The molecule has 6 nitrogen and oxygen atoms in total. The summed E-state index contributed by atoms with van der Waals surface area (Å²) < 4.78 is 1.73. The fourth-order valence-corrected chi connectivity index (χ4v) is 5.19. The minimum atomic E-state index is -0.430. The van der Waals surface area contributed by atoms with Crippen LogP contribution < -0.4 is 16.2 Å². The van der Waals surface area contributed by atoms with Gasteiger partial charge in [0.1, 0.15) is 6.04 Å². The molecule has 0 aliphatic carbocycles. The van der Waals surface area contributed by atoms with Crippen LogP contribution in [0.15, 0.2) is 28.4 Å². The molecule has 4 rings (SSSR count). The van der Waals surface area contributed by atoms with Crippen LogP contribution in [0.5, 0.6) is 0 Å². The topological polar surface area (TPSA) is 76.0 Å². The summed E-state index contributed by atoms with van der Waals surface area (Å²) in [6, 6.07) is 4.91. The van der Waals surface area contributed by atoms with Gasteiger partial charge in [0.25, 0.3) is 5.56 Å². The van der Waals surface area contributed by atoms with Crippen LogP contribution in [0.3, 0.4) is 0 Å². The van der Waals surface area contributed by atoms with Crippen molar-refractivity contribution in [3.05, 3.63) is 50.3 Å². The molecule has 2 aliphatic heterocycles. The molecule has 2 aromatic rings. The molecule has 3 atom stereocenters. The van der Waals surface area contributed by atoms with Crippen molar-refractivity contribution in [2.45, 2.75) is 44.6 Å². The van der Waals surface area contributed by atoms with Crippen LogP contribution in [-0.2, 0) is 11.2 Å². The number of hydrogen-bond acceptors (Lipinski definition) is 5. The van der Waals surface area contributed by atoms with E-state index in [1.807, 2.05) is 6.07 Å². The number of carbonyl (C=O) groups excluding carboxylic acids is 1. The number of halogens is 1. The molecule has 2 bridgehead atoms. The maximum Gasteiger partial charge on any atom is 0.251 e. The van der Waals surface area contributed by atoms with E-state index in [9.17, 15) is 9.59 Å². The summed E-state index contributed by atoms with van der Waals surface area (Å²) in [7, 11) is 0. The Bertz CT molecular complexity index is 894. The van der Waals surface area contributed by atoms with Gasteiger partial charge in [-0.1, -0.05) is 19.9 Å². The quantitative estimate of drug-likeness (QED) is 0.776. The number of nitrogens with one attached hydrogen (secondary N) is 2. The number of aromatic nitrogens is 2. The molecular weight excluding hydrogens is 396 g/mol. The molecule has 2 N–H and O–H groups in total. The molecule has 2 aliphatic rings. The maximum absolute atomic E-state index is 13.0. The number of amides is 1. The van der Waals surface area contributed by atoms with Crippen molar-refractivity contribution < 1.29 is 4.79 Å². The van der Waals surface area contributed by atoms with Gasteiger partial charge in [0, 0.05) is 55.0 Å². The summed E-state index contributed by atoms with van der Waals surface area (Å²) in [6.07, 6.45) is 1.68. The van der Waals surface area contributed by atoms with Gasteiger partial charge in [-0.2, -0.15) is 0 Å². The fourth-order valence-electron chi connectivity index (χ4n) is 4.23. The predicted molar refractivity (Wildman–Crippen MR) is 114 cm³/mol. The Balaban J connectivity index is 0.00000225. The molecule has 0 spiro atoms. The number of nitrogens with zero attached hydrogens (tertiary/aromatic N) is 2. The van der Waals surface area contributed by atoms with E-state index in [0.717, 1.165) is 42.3 Å². The van der Waals surface area contributed by atoms with Crippen molar-refractivity contribution in [3.63, 3.8) is 0 Å². The summed E-state index contributed by atoms with van der Waals surface area (Å²) in [5.41, 5.74) is 2.01. The van der Waals surface area contributed by atoms with E-state index in [1.54, 1.807) is 28.0 Å². The lowest BCUT2D eigenvalue weighted by Crippen LogP contribution is -2.52. The van der Waals surface area contributed by atoms with E-state index in [1.165, 1.54) is 0 Å². The average molecular weight is 423 g/mol. The van der Waals surface area contributed by atoms with E-state index in [4.69, 9.17) is 0 Å². The SMILES string of the molecule is CC(C)c1csc(CCNC(=O)[C@H]2[C@@H]3CNC[C@@H](C3)c3cccc(=O)n32)n1.Cl. The highest BCUT2D eigenvalue weighted by Gasteiger charge is 2.41. The Morgan fingerprint density at radius 3 is 2.96 bits per heavy atom. The first kappa shape index (κ1) is 21.0. The minimum absolute atomic E-state index is 0. The molecule has 1 fully saturated rings. The molecule has 1 amide bonds. The molecule has 28 heavy (non-hydrogen) atoms. The highest BCUT2D eigenvalue weighted by Crippen LogP contribution is 2.38. The molecule has 4 heterocycles. The van der Waals surface area contributed by atoms with Gasteiger partial charge in [-0.25, -0.2) is 4.98 Å². The lowest BCUT2D eigenvalue weighted by Gasteiger charge is -2.42. The van der Waals surface area contributed by atoms with E-state index in [0.29, 0.717) is 18.4 Å². The second kappa shape index (κ2) is 8.76. The fraction of sp³-hybridized carbons (Fsp3) is 0.550. The van der Waals surface area contributed by atoms with E-state index in [-0.39, 0.29) is 29.8 Å². The van der Waals surface area contributed by atoms with Gasteiger partial charge in [-0.3, -0.25) is 14.2 Å². The lowest BCUT2D eigenvalue weighted by molar-refractivity contribution is -0.126. The highest BCUT2D eigenvalue weighted by molar-refractivity contribution is 7.09. The van der Waals surface area contributed by atoms with Gasteiger partial charge in [-0.05, 0) is 18.4 Å². The first-order valence-corrected chi connectivity index (χ1v) is 10.6. The molecule has 0 saturated carbocycles. The van der Waals surface area contributed by atoms with Crippen LogP contribution in [0.4, 0.5) is 0 Å². The third kappa shape index (κ3) is 4.02. The van der Waals surface area contributed by atoms with Crippen LogP contribution in [0.25, 0.3) is 0 Å². The van der Waals surface area contributed by atoms with Crippen LogP contribution in [-0.4, -0.2) is 35.1 Å². The maximum atomic E-state index is 13.0. The number of piperidine rings is 1. The molecule has 2 aromatic heterocycles. The smallest absolute Gasteiger partial charge is 0.251 e. The Kier molecular flexibility index (Phi) is 6.58. The summed E-state index contributed by atoms with van der Waals surface area (Å²) in [5.74, 6) is 0.828. The number of carbonyl (C=O) groups is 1. The van der Waals surface area contributed by atoms with Crippen molar-refractivity contribution in [2.75, 3.05) is 19.6 Å². The number of fused-ring (bicyclic) bond motifs is 4. The standard InChI is InChI=1S/C20H26N4O2S.ClH/c1-12(2)15-11-27-17(23-15)6-7-22-20(26)19-14-8-13(9-21-10-14)16-4-3-5-18(25)24(16)19;/h3-5,11-14,19,21H,6-10H2,1-2H3,(H,22,26);1H/t13-,14+,19-;/m1./s1. The Morgan fingerprint density at radius 2 is 2.21 bits per heavy atom. The number of pyridine rings is 1. The first-order valence-electron chi connectivity index (χ1n) is 9.68. The van der Waals surface area contributed by atoms with Gasteiger partial charge >= 0.3 is 0 Å². The number of thiazole rings is 1. The second-order valence-corrected chi connectivity index (χ2v) is 8.76. The van der Waals surface area contributed by atoms with Crippen molar-refractivity contribution in [3.8, 4) is 0 Å². The molecule has 0 radical (unpaired) electrons. The van der Waals surface area contributed by atoms with Crippen molar-refractivity contribution in [1.82, 2.24) is 20.2 Å². The normalized spacial score (nSPS) is 23.0. The number of hydrogen-bond donors (Lipinski definition) is 2. The molecule has 8 heteroatoms. The first-order chi connectivity index (χ1) is 13.0. The van der Waals surface area contributed by atoms with Crippen molar-refractivity contribution in [1.29, 1.82) is 0 Å². The van der Waals surface area contributed by atoms with Crippen LogP contribution in [0, 0.1) is 5.92 Å². The Morgan fingerprint density at radius 1 is 1.39 bits per heavy atom. The number of rotatable bonds is 5. The monoisotopic (exact) mass is 422 g/mol. The zero-order valence-electron chi connectivity index (χ0n) is 16.2. The zero-order chi connectivity index (χ0) is 19.0. The van der Waals surface area contributed by atoms with Gasteiger partial charge in [0.05, 0.1) is 10.7 Å². The largest absolute Gasteiger partial charge is 0.354 e. The predicted octanol–water partition coefficient (Wildman–Crippen LogP) is 2.46. The van der Waals surface area contributed by atoms with E-state index >= 15 is 0 Å². The summed E-state index contributed by atoms with van der Waals surface area (Å²) in [5, 5.41) is 9.61. The Hall–Kier alpha value is -1.70. The molecule has 0 aromatic carbocycles.